The van der Waals surface area contributed by atoms with Gasteiger partial charge in [-0.25, -0.2) is 0 Å². The van der Waals surface area contributed by atoms with E-state index in [-0.39, 0.29) is 31.9 Å². The van der Waals surface area contributed by atoms with E-state index in [0.717, 1.165) is 88.3 Å². The third-order valence-corrected chi connectivity index (χ3v) is 12.1. The Morgan fingerprint density at radius 3 is 1.83 bits per heavy atom. The number of pyridine rings is 1. The van der Waals surface area contributed by atoms with Crippen LogP contribution in [0.5, 0.6) is 0 Å². The fourth-order valence-electron chi connectivity index (χ4n) is 9.06. The van der Waals surface area contributed by atoms with Gasteiger partial charge < -0.3 is 18.4 Å². The molecule has 0 amide bonds. The predicted octanol–water partition coefficient (Wildman–Crippen LogP) is 15.9. The van der Waals surface area contributed by atoms with Crippen LogP contribution in [0.4, 0.5) is 0 Å². The quantitative estimate of drug-likeness (QED) is 0.156. The van der Waals surface area contributed by atoms with Gasteiger partial charge in [-0.15, -0.1) is 54.1 Å². The number of aromatic nitrogens is 3. The summed E-state index contributed by atoms with van der Waals surface area (Å²) in [5, 5.41) is 6.38. The van der Waals surface area contributed by atoms with Crippen LogP contribution in [0.1, 0.15) is 50.7 Å². The Balaban J connectivity index is 0.000000323. The maximum absolute atomic E-state index is 6.97. The fraction of sp³-hybridized carbons (Fsp3) is 0.103. The number of fused-ring (bicyclic) bond motifs is 10. The van der Waals surface area contributed by atoms with E-state index in [4.69, 9.17) is 13.8 Å². The van der Waals surface area contributed by atoms with E-state index in [0.29, 0.717) is 0 Å². The first-order valence-corrected chi connectivity index (χ1v) is 21.6. The molecule has 0 aliphatic carbocycles. The Bertz CT molecular complexity index is 3560. The van der Waals surface area contributed by atoms with Crippen molar-refractivity contribution in [2.24, 2.45) is 0 Å². The first-order valence-electron chi connectivity index (χ1n) is 21.6. The van der Waals surface area contributed by atoms with Crippen molar-refractivity contribution in [1.29, 1.82) is 0 Å². The Morgan fingerprint density at radius 1 is 0.516 bits per heavy atom. The van der Waals surface area contributed by atoms with Gasteiger partial charge in [0.05, 0.1) is 22.4 Å². The van der Waals surface area contributed by atoms with Gasteiger partial charge in [0.25, 0.3) is 0 Å². The molecule has 4 heterocycles. The molecule has 1 radical (unpaired) electrons. The molecular formula is C58H43IrN3O2-2. The molecule has 0 spiro atoms. The Morgan fingerprint density at radius 2 is 1.14 bits per heavy atom. The second kappa shape index (κ2) is 16.9. The minimum atomic E-state index is 0. The summed E-state index contributed by atoms with van der Waals surface area (Å²) in [7, 11) is 0. The third kappa shape index (κ3) is 7.00. The average molecular weight is 1010 g/mol. The molecule has 0 atom stereocenters. The third-order valence-electron chi connectivity index (χ3n) is 12.1. The SMILES string of the molecule is CC(C)c1cc(-c2ccccc2)cc(C(C)C)c1-n1c(-c2[c-]ccc3c2oc2c3ccc3c2ccc2c4ccccc4oc23)nc2ccccc21.[Ir].[c-]1ccccc1-c1ccccn1. The summed E-state index contributed by atoms with van der Waals surface area (Å²) in [6, 6.07) is 65.3. The van der Waals surface area contributed by atoms with E-state index in [1.54, 1.807) is 6.20 Å². The molecule has 313 valence electrons. The number of furan rings is 2. The van der Waals surface area contributed by atoms with Gasteiger partial charge in [0.2, 0.25) is 0 Å². The van der Waals surface area contributed by atoms with Gasteiger partial charge in [-0.3, -0.25) is 4.98 Å². The van der Waals surface area contributed by atoms with Crippen LogP contribution in [-0.2, 0) is 20.1 Å². The minimum Gasteiger partial charge on any atom is -0.500 e. The molecule has 0 N–H and O–H groups in total. The van der Waals surface area contributed by atoms with Gasteiger partial charge >= 0.3 is 0 Å². The van der Waals surface area contributed by atoms with Gasteiger partial charge in [0, 0.05) is 58.9 Å². The summed E-state index contributed by atoms with van der Waals surface area (Å²) in [5.74, 6) is 1.35. The van der Waals surface area contributed by atoms with Crippen molar-refractivity contribution in [3.8, 4) is 39.5 Å². The first kappa shape index (κ1) is 40.9. The van der Waals surface area contributed by atoms with E-state index >= 15 is 0 Å². The normalized spacial score (nSPS) is 11.6. The van der Waals surface area contributed by atoms with E-state index in [1.807, 2.05) is 60.7 Å². The van der Waals surface area contributed by atoms with E-state index in [2.05, 4.69) is 159 Å². The molecule has 12 aromatic rings. The van der Waals surface area contributed by atoms with Crippen LogP contribution in [0, 0.1) is 12.1 Å². The van der Waals surface area contributed by atoms with Crippen molar-refractivity contribution < 1.29 is 28.9 Å². The number of para-hydroxylation sites is 3. The van der Waals surface area contributed by atoms with Crippen LogP contribution in [0.2, 0.25) is 0 Å². The van der Waals surface area contributed by atoms with Gasteiger partial charge in [-0.05, 0) is 94.4 Å². The maximum atomic E-state index is 6.97. The number of nitrogens with zero attached hydrogens (tertiary/aromatic N) is 3. The molecule has 0 saturated heterocycles. The van der Waals surface area contributed by atoms with Crippen LogP contribution in [-0.4, -0.2) is 14.5 Å². The molecule has 6 heteroatoms. The number of hydrogen-bond acceptors (Lipinski definition) is 4. The van der Waals surface area contributed by atoms with Crippen molar-refractivity contribution >= 4 is 65.7 Å². The van der Waals surface area contributed by atoms with Crippen molar-refractivity contribution in [3.05, 3.63) is 199 Å². The van der Waals surface area contributed by atoms with E-state index < -0.39 is 0 Å². The molecule has 0 bridgehead atoms. The molecule has 0 saturated carbocycles. The zero-order valence-electron chi connectivity index (χ0n) is 35.9. The number of hydrogen-bond donors (Lipinski definition) is 0. The Labute approximate surface area is 385 Å². The summed E-state index contributed by atoms with van der Waals surface area (Å²) in [5.41, 5.74) is 14.4. The largest absolute Gasteiger partial charge is 0.500 e. The molecule has 4 aromatic heterocycles. The van der Waals surface area contributed by atoms with Crippen LogP contribution < -0.4 is 0 Å². The summed E-state index contributed by atoms with van der Waals surface area (Å²) >= 11 is 0. The smallest absolute Gasteiger partial charge is 0.143 e. The first-order chi connectivity index (χ1) is 30.9. The average Bonchev–Trinajstić information content (AvgIpc) is 4.04. The zero-order chi connectivity index (χ0) is 42.6. The molecule has 0 aliphatic heterocycles. The molecule has 12 rings (SSSR count). The summed E-state index contributed by atoms with van der Waals surface area (Å²) in [6.45, 7) is 9.14. The predicted molar refractivity (Wildman–Crippen MR) is 260 cm³/mol. The molecule has 64 heavy (non-hydrogen) atoms. The van der Waals surface area contributed by atoms with Crippen LogP contribution in [0.25, 0.3) is 105 Å². The topological polar surface area (TPSA) is 57.0 Å². The summed E-state index contributed by atoms with van der Waals surface area (Å²) in [6.07, 6.45) is 1.79. The van der Waals surface area contributed by atoms with Gasteiger partial charge in [-0.2, -0.15) is 0 Å². The molecule has 0 fully saturated rings. The molecular weight excluding hydrogens is 963 g/mol. The minimum absolute atomic E-state index is 0. The fourth-order valence-corrected chi connectivity index (χ4v) is 9.06. The van der Waals surface area contributed by atoms with Crippen LogP contribution in [0.3, 0.4) is 0 Å². The van der Waals surface area contributed by atoms with Gasteiger partial charge in [-0.1, -0.05) is 118 Å². The molecule has 8 aromatic carbocycles. The molecule has 0 unspecified atom stereocenters. The van der Waals surface area contributed by atoms with Crippen LogP contribution in [0.15, 0.2) is 185 Å². The van der Waals surface area contributed by atoms with Gasteiger partial charge in [0.15, 0.2) is 0 Å². The van der Waals surface area contributed by atoms with Crippen molar-refractivity contribution in [3.63, 3.8) is 0 Å². The second-order valence-electron chi connectivity index (χ2n) is 16.7. The van der Waals surface area contributed by atoms with Crippen molar-refractivity contribution in [2.45, 2.75) is 39.5 Å². The van der Waals surface area contributed by atoms with Gasteiger partial charge in [0.1, 0.15) is 16.7 Å². The summed E-state index contributed by atoms with van der Waals surface area (Å²) in [4.78, 5) is 9.56. The maximum Gasteiger partial charge on any atom is 0.143 e. The number of imidazole rings is 1. The zero-order valence-corrected chi connectivity index (χ0v) is 38.3. The van der Waals surface area contributed by atoms with Crippen molar-refractivity contribution in [2.75, 3.05) is 0 Å². The molecule has 0 aliphatic rings. The van der Waals surface area contributed by atoms with E-state index in [9.17, 15) is 0 Å². The number of benzene rings is 8. The van der Waals surface area contributed by atoms with E-state index in [1.165, 1.54) is 27.9 Å². The monoisotopic (exact) mass is 1010 g/mol. The number of rotatable bonds is 6. The standard InChI is InChI=1S/C47H35N2O2.C11H8N.Ir/c1-27(2)38-25-30(29-13-6-5-7-14-29)26-39(28(3)4)43(38)49-41-19-10-9-18-40(41)48-47(49)37-17-12-16-32-34-23-24-35-36(45(34)51-46(32)37)22-21-33-31-15-8-11-20-42(31)50-44(33)35;1-2-6-10(7-3-1)11-8-4-5-9-12-11;/h5-16,18-28H,1-4H3;1-6,8-9H;/q2*-1;. The Kier molecular flexibility index (Phi) is 10.8. The summed E-state index contributed by atoms with van der Waals surface area (Å²) < 4.78 is 15.7. The van der Waals surface area contributed by atoms with Crippen LogP contribution >= 0.6 is 0 Å². The second-order valence-corrected chi connectivity index (χ2v) is 16.7. The van der Waals surface area contributed by atoms with Crippen molar-refractivity contribution in [1.82, 2.24) is 14.5 Å². The Hall–Kier alpha value is -7.11. The molecule has 5 nitrogen and oxygen atoms in total.